The lowest BCUT2D eigenvalue weighted by molar-refractivity contribution is 0.104. The van der Waals surface area contributed by atoms with Crippen LogP contribution in [0, 0.1) is 0 Å². The summed E-state index contributed by atoms with van der Waals surface area (Å²) in [5.74, 6) is 0.303. The summed E-state index contributed by atoms with van der Waals surface area (Å²) >= 11 is 5.77. The maximum absolute atomic E-state index is 11.9. The van der Waals surface area contributed by atoms with Crippen molar-refractivity contribution in [2.24, 2.45) is 0 Å². The fourth-order valence-corrected chi connectivity index (χ4v) is 1.82. The molecule has 0 bridgehead atoms. The highest BCUT2D eigenvalue weighted by Crippen LogP contribution is 2.26. The van der Waals surface area contributed by atoms with Gasteiger partial charge in [0.15, 0.2) is 17.3 Å². The molecule has 3 nitrogen and oxygen atoms in total. The quantitative estimate of drug-likeness (QED) is 0.684. The number of methoxy groups -OCH3 is 1. The third-order valence-corrected chi connectivity index (χ3v) is 3.01. The standard InChI is InChI=1S/C16H13ClO3/c1-20-16-9-3-11(10-15(16)19)2-8-14(18)12-4-6-13(17)7-5-12/h2-10,19H,1H3/b8-2+. The van der Waals surface area contributed by atoms with Crippen molar-refractivity contribution in [1.82, 2.24) is 0 Å². The Hall–Kier alpha value is -2.26. The van der Waals surface area contributed by atoms with Crippen LogP contribution >= 0.6 is 11.6 Å². The molecule has 0 amide bonds. The first-order valence-electron chi connectivity index (χ1n) is 5.95. The van der Waals surface area contributed by atoms with Crippen molar-refractivity contribution < 1.29 is 14.6 Å². The first-order valence-corrected chi connectivity index (χ1v) is 6.33. The van der Waals surface area contributed by atoms with E-state index < -0.39 is 0 Å². The number of hydrogen-bond acceptors (Lipinski definition) is 3. The fourth-order valence-electron chi connectivity index (χ4n) is 1.69. The normalized spacial score (nSPS) is 10.7. The van der Waals surface area contributed by atoms with Crippen molar-refractivity contribution in [1.29, 1.82) is 0 Å². The van der Waals surface area contributed by atoms with Crippen molar-refractivity contribution in [3.05, 3.63) is 64.7 Å². The van der Waals surface area contributed by atoms with E-state index in [2.05, 4.69) is 0 Å². The third kappa shape index (κ3) is 3.39. The molecule has 0 unspecified atom stereocenters. The molecule has 1 N–H and O–H groups in total. The summed E-state index contributed by atoms with van der Waals surface area (Å²) in [6.45, 7) is 0. The third-order valence-electron chi connectivity index (χ3n) is 2.76. The van der Waals surface area contributed by atoms with Crippen LogP contribution in [0.3, 0.4) is 0 Å². The van der Waals surface area contributed by atoms with E-state index in [9.17, 15) is 9.90 Å². The second-order valence-corrected chi connectivity index (χ2v) is 4.57. The summed E-state index contributed by atoms with van der Waals surface area (Å²) in [5.41, 5.74) is 1.27. The Kier molecular flexibility index (Phi) is 4.43. The van der Waals surface area contributed by atoms with Gasteiger partial charge in [0.25, 0.3) is 0 Å². The van der Waals surface area contributed by atoms with Crippen LogP contribution < -0.4 is 4.74 Å². The minimum atomic E-state index is -0.128. The van der Waals surface area contributed by atoms with Gasteiger partial charge in [0, 0.05) is 10.6 Å². The van der Waals surface area contributed by atoms with Gasteiger partial charge in [-0.05, 0) is 48.0 Å². The van der Waals surface area contributed by atoms with Gasteiger partial charge in [-0.25, -0.2) is 0 Å². The SMILES string of the molecule is COc1ccc(/C=C/C(=O)c2ccc(Cl)cc2)cc1O. The molecule has 102 valence electrons. The maximum Gasteiger partial charge on any atom is 0.185 e. The zero-order valence-electron chi connectivity index (χ0n) is 10.8. The number of aromatic hydroxyl groups is 1. The molecule has 0 radical (unpaired) electrons. The van der Waals surface area contributed by atoms with Gasteiger partial charge >= 0.3 is 0 Å². The van der Waals surface area contributed by atoms with Gasteiger partial charge in [0.05, 0.1) is 7.11 Å². The molecule has 0 aliphatic carbocycles. The van der Waals surface area contributed by atoms with Crippen molar-refractivity contribution in [3.8, 4) is 11.5 Å². The zero-order chi connectivity index (χ0) is 14.5. The van der Waals surface area contributed by atoms with E-state index in [1.165, 1.54) is 19.3 Å². The molecule has 0 aromatic heterocycles. The summed E-state index contributed by atoms with van der Waals surface area (Å²) in [5, 5.41) is 10.2. The molecule has 0 aliphatic rings. The number of halogens is 1. The van der Waals surface area contributed by atoms with Gasteiger partial charge in [0.2, 0.25) is 0 Å². The lowest BCUT2D eigenvalue weighted by Gasteiger charge is -2.03. The second-order valence-electron chi connectivity index (χ2n) is 4.14. The number of carbonyl (C=O) groups excluding carboxylic acids is 1. The molecule has 0 spiro atoms. The molecule has 20 heavy (non-hydrogen) atoms. The van der Waals surface area contributed by atoms with E-state index in [0.717, 1.165) is 0 Å². The lowest BCUT2D eigenvalue weighted by Crippen LogP contribution is -1.93. The number of benzene rings is 2. The van der Waals surface area contributed by atoms with E-state index in [1.807, 2.05) is 0 Å². The van der Waals surface area contributed by atoms with Crippen LogP contribution in [-0.4, -0.2) is 18.0 Å². The molecular weight excluding hydrogens is 276 g/mol. The highest BCUT2D eigenvalue weighted by atomic mass is 35.5. The fraction of sp³-hybridized carbons (Fsp3) is 0.0625. The summed E-state index contributed by atoms with van der Waals surface area (Å²) < 4.78 is 4.95. The molecule has 0 atom stereocenters. The minimum Gasteiger partial charge on any atom is -0.504 e. The van der Waals surface area contributed by atoms with Crippen LogP contribution in [0.25, 0.3) is 6.08 Å². The largest absolute Gasteiger partial charge is 0.504 e. The lowest BCUT2D eigenvalue weighted by atomic mass is 10.1. The number of ether oxygens (including phenoxy) is 1. The monoisotopic (exact) mass is 288 g/mol. The second kappa shape index (κ2) is 6.26. The average molecular weight is 289 g/mol. The van der Waals surface area contributed by atoms with Crippen LogP contribution in [0.1, 0.15) is 15.9 Å². The number of carbonyl (C=O) groups is 1. The maximum atomic E-state index is 11.9. The van der Waals surface area contributed by atoms with E-state index in [4.69, 9.17) is 16.3 Å². The molecule has 2 aromatic rings. The number of phenols is 1. The smallest absolute Gasteiger partial charge is 0.185 e. The van der Waals surface area contributed by atoms with Crippen LogP contribution in [0.4, 0.5) is 0 Å². The first kappa shape index (κ1) is 14.2. The van der Waals surface area contributed by atoms with Crippen LogP contribution in [0.2, 0.25) is 5.02 Å². The molecule has 0 heterocycles. The molecule has 0 saturated heterocycles. The van der Waals surface area contributed by atoms with Gasteiger partial charge in [0.1, 0.15) is 0 Å². The number of phenolic OH excluding ortho intramolecular Hbond substituents is 1. The number of allylic oxidation sites excluding steroid dienone is 1. The summed E-state index contributed by atoms with van der Waals surface area (Å²) in [6, 6.07) is 11.6. The molecule has 2 rings (SSSR count). The Labute approximate surface area is 122 Å². The molecule has 0 saturated carbocycles. The molecule has 4 heteroatoms. The van der Waals surface area contributed by atoms with Gasteiger partial charge in [-0.1, -0.05) is 23.7 Å². The molecule has 0 aliphatic heterocycles. The highest BCUT2D eigenvalue weighted by Gasteiger charge is 2.03. The Morgan fingerprint density at radius 1 is 1.20 bits per heavy atom. The van der Waals surface area contributed by atoms with E-state index in [0.29, 0.717) is 21.9 Å². The molecule has 2 aromatic carbocycles. The average Bonchev–Trinajstić information content (AvgIpc) is 2.45. The van der Waals surface area contributed by atoms with Crippen LogP contribution in [0.5, 0.6) is 11.5 Å². The van der Waals surface area contributed by atoms with E-state index in [-0.39, 0.29) is 11.5 Å². The molecule has 0 fully saturated rings. The first-order chi connectivity index (χ1) is 9.60. The van der Waals surface area contributed by atoms with Gasteiger partial charge in [-0.2, -0.15) is 0 Å². The number of hydrogen-bond donors (Lipinski definition) is 1. The minimum absolute atomic E-state index is 0.0357. The predicted molar refractivity (Wildman–Crippen MR) is 79.5 cm³/mol. The predicted octanol–water partition coefficient (Wildman–Crippen LogP) is 3.95. The Morgan fingerprint density at radius 2 is 1.90 bits per heavy atom. The van der Waals surface area contributed by atoms with Crippen LogP contribution in [-0.2, 0) is 0 Å². The summed E-state index contributed by atoms with van der Waals surface area (Å²) in [7, 11) is 1.48. The van der Waals surface area contributed by atoms with E-state index in [1.54, 1.807) is 42.5 Å². The number of rotatable bonds is 4. The van der Waals surface area contributed by atoms with Crippen LogP contribution in [0.15, 0.2) is 48.5 Å². The molecular formula is C16H13ClO3. The van der Waals surface area contributed by atoms with Crippen molar-refractivity contribution in [3.63, 3.8) is 0 Å². The van der Waals surface area contributed by atoms with Crippen molar-refractivity contribution >= 4 is 23.5 Å². The highest BCUT2D eigenvalue weighted by molar-refractivity contribution is 6.30. The van der Waals surface area contributed by atoms with E-state index >= 15 is 0 Å². The number of ketones is 1. The van der Waals surface area contributed by atoms with Gasteiger partial charge in [-0.3, -0.25) is 4.79 Å². The van der Waals surface area contributed by atoms with Crippen molar-refractivity contribution in [2.45, 2.75) is 0 Å². The van der Waals surface area contributed by atoms with Gasteiger partial charge < -0.3 is 9.84 Å². The Bertz CT molecular complexity index is 645. The summed E-state index contributed by atoms with van der Waals surface area (Å²) in [4.78, 5) is 11.9. The van der Waals surface area contributed by atoms with Gasteiger partial charge in [-0.15, -0.1) is 0 Å². The zero-order valence-corrected chi connectivity index (χ0v) is 11.6. The topological polar surface area (TPSA) is 46.5 Å². The van der Waals surface area contributed by atoms with Crippen molar-refractivity contribution in [2.75, 3.05) is 7.11 Å². The Balaban J connectivity index is 2.14. The Morgan fingerprint density at radius 3 is 2.50 bits per heavy atom. The summed E-state index contributed by atoms with van der Waals surface area (Å²) in [6.07, 6.45) is 3.08.